The highest BCUT2D eigenvalue weighted by atomic mass is 79.9. The van der Waals surface area contributed by atoms with Crippen LogP contribution in [0.4, 0.5) is 4.39 Å². The van der Waals surface area contributed by atoms with Crippen molar-refractivity contribution in [3.63, 3.8) is 0 Å². The lowest BCUT2D eigenvalue weighted by atomic mass is 10.2. The van der Waals surface area contributed by atoms with Crippen molar-refractivity contribution in [2.45, 2.75) is 32.7 Å². The van der Waals surface area contributed by atoms with Gasteiger partial charge >= 0.3 is 0 Å². The third-order valence-electron chi connectivity index (χ3n) is 3.83. The zero-order valence-electron chi connectivity index (χ0n) is 13.9. The van der Waals surface area contributed by atoms with Crippen LogP contribution in [0.5, 0.6) is 0 Å². The van der Waals surface area contributed by atoms with Crippen LogP contribution in [0.15, 0.2) is 27.7 Å². The molecule has 24 heavy (non-hydrogen) atoms. The summed E-state index contributed by atoms with van der Waals surface area (Å²) >= 11 is 3.34. The molecule has 2 N–H and O–H groups in total. The largest absolute Gasteiger partial charge is 0.357 e. The molecule has 1 heterocycles. The third-order valence-corrected chi connectivity index (χ3v) is 4.32. The van der Waals surface area contributed by atoms with Gasteiger partial charge in [-0.25, -0.2) is 9.38 Å². The number of nitrogens with one attached hydrogen (secondary N) is 2. The molecule has 1 aliphatic heterocycles. The summed E-state index contributed by atoms with van der Waals surface area (Å²) in [6, 6.07) is 4.84. The van der Waals surface area contributed by atoms with E-state index in [2.05, 4.69) is 31.6 Å². The molecule has 0 unspecified atom stereocenters. The van der Waals surface area contributed by atoms with E-state index < -0.39 is 0 Å². The highest BCUT2D eigenvalue weighted by Crippen LogP contribution is 2.16. The van der Waals surface area contributed by atoms with Gasteiger partial charge in [-0.1, -0.05) is 15.9 Å². The van der Waals surface area contributed by atoms with Gasteiger partial charge in [-0.15, -0.1) is 0 Å². The molecular weight excluding hydrogens is 375 g/mol. The Morgan fingerprint density at radius 1 is 1.42 bits per heavy atom. The van der Waals surface area contributed by atoms with E-state index in [0.717, 1.165) is 43.5 Å². The maximum atomic E-state index is 13.8. The summed E-state index contributed by atoms with van der Waals surface area (Å²) in [6.45, 7) is 5.35. The molecule has 132 valence electrons. The molecular formula is C17H24BrFN4O. The van der Waals surface area contributed by atoms with Crippen molar-refractivity contribution >= 4 is 27.8 Å². The summed E-state index contributed by atoms with van der Waals surface area (Å²) in [4.78, 5) is 17.9. The summed E-state index contributed by atoms with van der Waals surface area (Å²) in [5.74, 6) is 0.649. The number of guanidine groups is 1. The number of aliphatic imine (C=N–C) groups is 1. The Morgan fingerprint density at radius 3 is 2.96 bits per heavy atom. The van der Waals surface area contributed by atoms with Gasteiger partial charge in [-0.05, 0) is 38.0 Å². The first-order chi connectivity index (χ1) is 11.6. The van der Waals surface area contributed by atoms with E-state index in [9.17, 15) is 9.18 Å². The topological polar surface area (TPSA) is 56.7 Å². The number of hydrogen-bond acceptors (Lipinski definition) is 2. The Bertz CT molecular complexity index is 594. The Morgan fingerprint density at radius 2 is 2.25 bits per heavy atom. The second-order valence-electron chi connectivity index (χ2n) is 5.70. The number of hydrogen-bond donors (Lipinski definition) is 2. The molecule has 1 aromatic rings. The van der Waals surface area contributed by atoms with Gasteiger partial charge in [-0.3, -0.25) is 4.79 Å². The van der Waals surface area contributed by atoms with E-state index in [1.807, 2.05) is 11.8 Å². The summed E-state index contributed by atoms with van der Waals surface area (Å²) < 4.78 is 14.6. The maximum absolute atomic E-state index is 13.8. The maximum Gasteiger partial charge on any atom is 0.222 e. The summed E-state index contributed by atoms with van der Waals surface area (Å²) in [6.07, 6.45) is 2.51. The molecule has 0 aromatic heterocycles. The Kier molecular flexibility index (Phi) is 7.49. The molecule has 1 aliphatic rings. The number of benzene rings is 1. The molecule has 0 atom stereocenters. The first kappa shape index (κ1) is 18.7. The van der Waals surface area contributed by atoms with Crippen molar-refractivity contribution in [2.24, 2.45) is 4.99 Å². The molecule has 5 nitrogen and oxygen atoms in total. The van der Waals surface area contributed by atoms with Crippen molar-refractivity contribution in [1.29, 1.82) is 0 Å². The van der Waals surface area contributed by atoms with Crippen LogP contribution >= 0.6 is 15.9 Å². The highest BCUT2D eigenvalue weighted by molar-refractivity contribution is 9.10. The van der Waals surface area contributed by atoms with Gasteiger partial charge in [0.15, 0.2) is 5.96 Å². The molecule has 0 saturated carbocycles. The average molecular weight is 399 g/mol. The monoisotopic (exact) mass is 398 g/mol. The Labute approximate surface area is 150 Å². The SMILES string of the molecule is CCNC(=NCc1cc(Br)ccc1F)NCCCN1CCCC1=O. The van der Waals surface area contributed by atoms with Gasteiger partial charge in [0.25, 0.3) is 0 Å². The minimum absolute atomic E-state index is 0.251. The predicted molar refractivity (Wildman–Crippen MR) is 97.3 cm³/mol. The van der Waals surface area contributed by atoms with Gasteiger partial charge < -0.3 is 15.5 Å². The summed E-state index contributed by atoms with van der Waals surface area (Å²) in [7, 11) is 0. The van der Waals surface area contributed by atoms with Gasteiger partial charge in [-0.2, -0.15) is 0 Å². The lowest BCUT2D eigenvalue weighted by Crippen LogP contribution is -2.39. The van der Waals surface area contributed by atoms with Crippen LogP contribution in [0, 0.1) is 5.82 Å². The third kappa shape index (κ3) is 5.78. The second-order valence-corrected chi connectivity index (χ2v) is 6.61. The van der Waals surface area contributed by atoms with Crippen LogP contribution in [0.1, 0.15) is 31.7 Å². The molecule has 2 rings (SSSR count). The molecule has 1 saturated heterocycles. The zero-order valence-corrected chi connectivity index (χ0v) is 15.5. The normalized spacial score (nSPS) is 15.0. The quantitative estimate of drug-likeness (QED) is 0.421. The summed E-state index contributed by atoms with van der Waals surface area (Å²) in [5.41, 5.74) is 0.546. The number of rotatable bonds is 7. The number of halogens is 2. The standard InChI is InChI=1S/C17H24BrFN4O/c1-2-20-17(21-8-4-10-23-9-3-5-16(23)24)22-12-13-11-14(18)6-7-15(13)19/h6-7,11H,2-5,8-10,12H2,1H3,(H2,20,21,22). The minimum Gasteiger partial charge on any atom is -0.357 e. The first-order valence-electron chi connectivity index (χ1n) is 8.34. The zero-order chi connectivity index (χ0) is 17.4. The van der Waals surface area contributed by atoms with E-state index in [0.29, 0.717) is 17.9 Å². The van der Waals surface area contributed by atoms with Crippen LogP contribution in [0.3, 0.4) is 0 Å². The fourth-order valence-electron chi connectivity index (χ4n) is 2.59. The Hall–Kier alpha value is -1.63. The van der Waals surface area contributed by atoms with Crippen LogP contribution in [-0.2, 0) is 11.3 Å². The van der Waals surface area contributed by atoms with E-state index in [-0.39, 0.29) is 18.3 Å². The van der Waals surface area contributed by atoms with E-state index in [1.165, 1.54) is 6.07 Å². The van der Waals surface area contributed by atoms with Crippen molar-refractivity contribution in [2.75, 3.05) is 26.2 Å². The van der Waals surface area contributed by atoms with E-state index >= 15 is 0 Å². The molecule has 0 spiro atoms. The number of carbonyl (C=O) groups excluding carboxylic acids is 1. The van der Waals surface area contributed by atoms with Crippen molar-refractivity contribution in [1.82, 2.24) is 15.5 Å². The fraction of sp³-hybridized carbons (Fsp3) is 0.529. The lowest BCUT2D eigenvalue weighted by Gasteiger charge is -2.16. The first-order valence-corrected chi connectivity index (χ1v) is 9.13. The van der Waals surface area contributed by atoms with Crippen LogP contribution in [-0.4, -0.2) is 42.9 Å². The molecule has 0 aliphatic carbocycles. The van der Waals surface area contributed by atoms with Crippen LogP contribution in [0.25, 0.3) is 0 Å². The molecule has 7 heteroatoms. The van der Waals surface area contributed by atoms with Crippen molar-refractivity contribution < 1.29 is 9.18 Å². The highest BCUT2D eigenvalue weighted by Gasteiger charge is 2.18. The molecule has 1 aromatic carbocycles. The van der Waals surface area contributed by atoms with Gasteiger partial charge in [0.05, 0.1) is 6.54 Å². The van der Waals surface area contributed by atoms with Gasteiger partial charge in [0, 0.05) is 42.6 Å². The van der Waals surface area contributed by atoms with Crippen molar-refractivity contribution in [3.05, 3.63) is 34.1 Å². The summed E-state index contributed by atoms with van der Waals surface area (Å²) in [5, 5.41) is 6.38. The number of carbonyl (C=O) groups is 1. The van der Waals surface area contributed by atoms with Crippen molar-refractivity contribution in [3.8, 4) is 0 Å². The average Bonchev–Trinajstić information content (AvgIpc) is 2.97. The second kappa shape index (κ2) is 9.61. The number of nitrogens with zero attached hydrogens (tertiary/aromatic N) is 2. The molecule has 0 bridgehead atoms. The number of likely N-dealkylation sites (tertiary alicyclic amines) is 1. The van der Waals surface area contributed by atoms with Crippen LogP contribution in [0.2, 0.25) is 0 Å². The minimum atomic E-state index is -0.259. The lowest BCUT2D eigenvalue weighted by molar-refractivity contribution is -0.127. The Balaban J connectivity index is 1.81. The molecule has 0 radical (unpaired) electrons. The van der Waals surface area contributed by atoms with Gasteiger partial charge in [0.2, 0.25) is 5.91 Å². The van der Waals surface area contributed by atoms with E-state index in [1.54, 1.807) is 12.1 Å². The predicted octanol–water partition coefficient (Wildman–Crippen LogP) is 2.66. The number of amides is 1. The van der Waals surface area contributed by atoms with E-state index in [4.69, 9.17) is 0 Å². The van der Waals surface area contributed by atoms with Gasteiger partial charge in [0.1, 0.15) is 5.82 Å². The smallest absolute Gasteiger partial charge is 0.222 e. The molecule has 1 fully saturated rings. The fourth-order valence-corrected chi connectivity index (χ4v) is 3.00. The van der Waals surface area contributed by atoms with Crippen LogP contribution < -0.4 is 10.6 Å². The molecule has 1 amide bonds.